The SMILES string of the molecule is CN1CCN(C)C(CC(=O)C2=CCCCCC2)C1. The van der Waals surface area contributed by atoms with Crippen LogP contribution in [0, 0.1) is 0 Å². The molecule has 1 atom stereocenters. The second kappa shape index (κ2) is 6.48. The van der Waals surface area contributed by atoms with Crippen molar-refractivity contribution in [2.45, 2.75) is 44.6 Å². The number of nitrogens with zero attached hydrogens (tertiary/aromatic N) is 2. The first-order valence-electron chi connectivity index (χ1n) is 7.28. The Balaban J connectivity index is 1.91. The molecule has 3 nitrogen and oxygen atoms in total. The van der Waals surface area contributed by atoms with E-state index in [0.29, 0.717) is 18.2 Å². The molecule has 2 aliphatic rings. The van der Waals surface area contributed by atoms with Crippen LogP contribution in [0.25, 0.3) is 0 Å². The van der Waals surface area contributed by atoms with Crippen molar-refractivity contribution < 1.29 is 4.79 Å². The van der Waals surface area contributed by atoms with Gasteiger partial charge in [-0.2, -0.15) is 0 Å². The fourth-order valence-electron chi connectivity index (χ4n) is 2.94. The monoisotopic (exact) mass is 250 g/mol. The lowest BCUT2D eigenvalue weighted by molar-refractivity contribution is -0.117. The summed E-state index contributed by atoms with van der Waals surface area (Å²) in [6, 6.07) is 0.403. The average Bonchev–Trinajstić information content (AvgIpc) is 2.62. The van der Waals surface area contributed by atoms with Gasteiger partial charge in [-0.15, -0.1) is 0 Å². The van der Waals surface area contributed by atoms with Crippen molar-refractivity contribution in [3.05, 3.63) is 11.6 Å². The summed E-state index contributed by atoms with van der Waals surface area (Å²) in [5.74, 6) is 0.393. The molecule has 102 valence electrons. The number of piperazine rings is 1. The molecule has 1 saturated heterocycles. The minimum atomic E-state index is 0.393. The van der Waals surface area contributed by atoms with Crippen molar-refractivity contribution in [2.24, 2.45) is 0 Å². The third kappa shape index (κ3) is 3.66. The van der Waals surface area contributed by atoms with E-state index in [1.165, 1.54) is 19.3 Å². The van der Waals surface area contributed by atoms with Crippen LogP contribution in [-0.4, -0.2) is 55.4 Å². The molecule has 1 fully saturated rings. The van der Waals surface area contributed by atoms with E-state index in [-0.39, 0.29) is 0 Å². The average molecular weight is 250 g/mol. The van der Waals surface area contributed by atoms with Crippen LogP contribution in [0.15, 0.2) is 11.6 Å². The maximum atomic E-state index is 12.4. The van der Waals surface area contributed by atoms with Crippen LogP contribution in [0.2, 0.25) is 0 Å². The van der Waals surface area contributed by atoms with Crippen LogP contribution < -0.4 is 0 Å². The highest BCUT2D eigenvalue weighted by Gasteiger charge is 2.25. The molecular formula is C15H26N2O. The van der Waals surface area contributed by atoms with E-state index in [0.717, 1.165) is 38.0 Å². The third-order valence-corrected chi connectivity index (χ3v) is 4.30. The summed E-state index contributed by atoms with van der Waals surface area (Å²) in [7, 11) is 4.29. The second-order valence-electron chi connectivity index (χ2n) is 5.85. The van der Waals surface area contributed by atoms with Crippen LogP contribution in [0.4, 0.5) is 0 Å². The molecule has 1 heterocycles. The zero-order chi connectivity index (χ0) is 13.0. The first kappa shape index (κ1) is 13.8. The van der Waals surface area contributed by atoms with Crippen molar-refractivity contribution in [1.82, 2.24) is 9.80 Å². The predicted molar refractivity (Wildman–Crippen MR) is 74.7 cm³/mol. The highest BCUT2D eigenvalue weighted by atomic mass is 16.1. The van der Waals surface area contributed by atoms with Crippen molar-refractivity contribution in [2.75, 3.05) is 33.7 Å². The van der Waals surface area contributed by atoms with Crippen LogP contribution in [-0.2, 0) is 4.79 Å². The van der Waals surface area contributed by atoms with E-state index >= 15 is 0 Å². The fourth-order valence-corrected chi connectivity index (χ4v) is 2.94. The first-order valence-corrected chi connectivity index (χ1v) is 7.28. The number of carbonyl (C=O) groups excluding carboxylic acids is 1. The number of hydrogen-bond donors (Lipinski definition) is 0. The summed E-state index contributed by atoms with van der Waals surface area (Å²) in [5, 5.41) is 0. The molecule has 0 spiro atoms. The van der Waals surface area contributed by atoms with E-state index < -0.39 is 0 Å². The van der Waals surface area contributed by atoms with Gasteiger partial charge in [-0.1, -0.05) is 12.5 Å². The van der Waals surface area contributed by atoms with E-state index in [4.69, 9.17) is 0 Å². The first-order chi connectivity index (χ1) is 8.66. The minimum Gasteiger partial charge on any atom is -0.304 e. The number of Topliss-reactive ketones (excluding diaryl/α,β-unsaturated/α-hetero) is 1. The van der Waals surface area contributed by atoms with E-state index in [1.807, 2.05) is 0 Å². The molecule has 0 bridgehead atoms. The van der Waals surface area contributed by atoms with Crippen LogP contribution in [0.1, 0.15) is 38.5 Å². The van der Waals surface area contributed by atoms with Gasteiger partial charge in [0.1, 0.15) is 0 Å². The van der Waals surface area contributed by atoms with Gasteiger partial charge in [-0.05, 0) is 45.4 Å². The van der Waals surface area contributed by atoms with Gasteiger partial charge < -0.3 is 9.80 Å². The van der Waals surface area contributed by atoms with Gasteiger partial charge >= 0.3 is 0 Å². The van der Waals surface area contributed by atoms with Gasteiger partial charge in [0.15, 0.2) is 5.78 Å². The molecule has 0 N–H and O–H groups in total. The molecule has 2 rings (SSSR count). The third-order valence-electron chi connectivity index (χ3n) is 4.30. The molecule has 1 aliphatic heterocycles. The summed E-state index contributed by atoms with van der Waals surface area (Å²) in [4.78, 5) is 17.0. The Kier molecular flexibility index (Phi) is 4.95. The molecule has 0 aromatic rings. The molecular weight excluding hydrogens is 224 g/mol. The quantitative estimate of drug-likeness (QED) is 0.766. The van der Waals surface area contributed by atoms with E-state index in [9.17, 15) is 4.79 Å². The van der Waals surface area contributed by atoms with Crippen LogP contribution >= 0.6 is 0 Å². The number of ketones is 1. The zero-order valence-corrected chi connectivity index (χ0v) is 11.8. The van der Waals surface area contributed by atoms with Crippen molar-refractivity contribution in [1.29, 1.82) is 0 Å². The Hall–Kier alpha value is -0.670. The molecule has 3 heteroatoms. The summed E-state index contributed by atoms with van der Waals surface area (Å²) >= 11 is 0. The molecule has 0 radical (unpaired) electrons. The fraction of sp³-hybridized carbons (Fsp3) is 0.800. The Morgan fingerprint density at radius 2 is 2.11 bits per heavy atom. The van der Waals surface area contributed by atoms with Gasteiger partial charge in [-0.25, -0.2) is 0 Å². The highest BCUT2D eigenvalue weighted by Crippen LogP contribution is 2.21. The standard InChI is InChI=1S/C15H26N2O/c1-16-9-10-17(2)14(12-16)11-15(18)13-7-5-3-4-6-8-13/h7,14H,3-6,8-12H2,1-2H3. The van der Waals surface area contributed by atoms with Crippen molar-refractivity contribution in [3.63, 3.8) is 0 Å². The topological polar surface area (TPSA) is 23.6 Å². The van der Waals surface area contributed by atoms with Gasteiger partial charge in [0.2, 0.25) is 0 Å². The smallest absolute Gasteiger partial charge is 0.160 e. The highest BCUT2D eigenvalue weighted by molar-refractivity contribution is 5.95. The van der Waals surface area contributed by atoms with Crippen LogP contribution in [0.5, 0.6) is 0 Å². The normalized spacial score (nSPS) is 27.7. The maximum Gasteiger partial charge on any atom is 0.160 e. The van der Waals surface area contributed by atoms with Crippen LogP contribution in [0.3, 0.4) is 0 Å². The van der Waals surface area contributed by atoms with Gasteiger partial charge in [0.25, 0.3) is 0 Å². The number of hydrogen-bond acceptors (Lipinski definition) is 3. The largest absolute Gasteiger partial charge is 0.304 e. The molecule has 0 aromatic heterocycles. The maximum absolute atomic E-state index is 12.4. The summed E-state index contributed by atoms with van der Waals surface area (Å²) in [6.07, 6.45) is 8.72. The Morgan fingerprint density at radius 3 is 2.94 bits per heavy atom. The molecule has 0 amide bonds. The Labute approximate surface area is 111 Å². The summed E-state index contributed by atoms with van der Waals surface area (Å²) in [6.45, 7) is 3.22. The van der Waals surface area contributed by atoms with E-state index in [1.54, 1.807) is 0 Å². The number of likely N-dealkylation sites (N-methyl/N-ethyl adjacent to an activating group) is 2. The summed E-state index contributed by atoms with van der Waals surface area (Å²) < 4.78 is 0. The lowest BCUT2D eigenvalue weighted by Crippen LogP contribution is -2.50. The minimum absolute atomic E-state index is 0.393. The molecule has 1 unspecified atom stereocenters. The lowest BCUT2D eigenvalue weighted by Gasteiger charge is -2.37. The number of carbonyl (C=O) groups is 1. The second-order valence-corrected chi connectivity index (χ2v) is 5.85. The van der Waals surface area contributed by atoms with Gasteiger partial charge in [-0.3, -0.25) is 4.79 Å². The van der Waals surface area contributed by atoms with Gasteiger partial charge in [0.05, 0.1) is 0 Å². The predicted octanol–water partition coefficient (Wildman–Crippen LogP) is 2.08. The Morgan fingerprint density at radius 1 is 1.28 bits per heavy atom. The summed E-state index contributed by atoms with van der Waals surface area (Å²) in [5.41, 5.74) is 1.11. The lowest BCUT2D eigenvalue weighted by atomic mass is 9.98. The molecule has 1 aliphatic carbocycles. The molecule has 18 heavy (non-hydrogen) atoms. The van der Waals surface area contributed by atoms with Gasteiger partial charge in [0, 0.05) is 32.1 Å². The number of allylic oxidation sites excluding steroid dienone is 2. The zero-order valence-electron chi connectivity index (χ0n) is 11.8. The van der Waals surface area contributed by atoms with Crippen molar-refractivity contribution in [3.8, 4) is 0 Å². The van der Waals surface area contributed by atoms with E-state index in [2.05, 4.69) is 30.0 Å². The molecule has 0 saturated carbocycles. The molecule has 0 aromatic carbocycles. The Bertz CT molecular complexity index is 324. The van der Waals surface area contributed by atoms with Crippen molar-refractivity contribution >= 4 is 5.78 Å². The number of rotatable bonds is 3.